The predicted octanol–water partition coefficient (Wildman–Crippen LogP) is 3.86. The maximum atomic E-state index is 12.8. The molecule has 0 fully saturated rings. The maximum Gasteiger partial charge on any atom is 0.295 e. The summed E-state index contributed by atoms with van der Waals surface area (Å²) in [6.45, 7) is 6.03. The lowest BCUT2D eigenvalue weighted by molar-refractivity contribution is 0.102. The second-order valence-electron chi connectivity index (χ2n) is 6.67. The van der Waals surface area contributed by atoms with Crippen LogP contribution in [0.3, 0.4) is 0 Å². The minimum absolute atomic E-state index is 0.247. The number of hydrogen-bond acceptors (Lipinski definition) is 2. The molecule has 0 aliphatic heterocycles. The first kappa shape index (κ1) is 17.7. The molecule has 2 aromatic carbocycles. The Labute approximate surface area is 152 Å². The Morgan fingerprint density at radius 3 is 2.19 bits per heavy atom. The number of rotatable bonds is 4. The van der Waals surface area contributed by atoms with Crippen molar-refractivity contribution in [3.63, 3.8) is 0 Å². The fourth-order valence-electron chi connectivity index (χ4n) is 2.92. The van der Waals surface area contributed by atoms with E-state index in [1.807, 2.05) is 49.4 Å². The summed E-state index contributed by atoms with van der Waals surface area (Å²) in [6.07, 6.45) is 0. The summed E-state index contributed by atoms with van der Waals surface area (Å²) in [6, 6.07) is 16.8. The molecule has 0 spiro atoms. The van der Waals surface area contributed by atoms with Crippen molar-refractivity contribution in [3.8, 4) is 5.69 Å². The van der Waals surface area contributed by atoms with Crippen molar-refractivity contribution in [3.05, 3.63) is 81.8 Å². The lowest BCUT2D eigenvalue weighted by Crippen LogP contribution is -2.22. The molecule has 26 heavy (non-hydrogen) atoms. The molecule has 3 rings (SSSR count). The minimum Gasteiger partial charge on any atom is -0.316 e. The van der Waals surface area contributed by atoms with E-state index in [1.54, 1.807) is 28.5 Å². The van der Waals surface area contributed by atoms with Gasteiger partial charge < -0.3 is 5.32 Å². The lowest BCUT2D eigenvalue weighted by Gasteiger charge is -2.07. The zero-order chi connectivity index (χ0) is 18.8. The van der Waals surface area contributed by atoms with Crippen molar-refractivity contribution in [1.29, 1.82) is 0 Å². The van der Waals surface area contributed by atoms with Crippen LogP contribution in [-0.4, -0.2) is 15.3 Å². The van der Waals surface area contributed by atoms with Gasteiger partial charge in [-0.1, -0.05) is 44.2 Å². The van der Waals surface area contributed by atoms with Crippen LogP contribution >= 0.6 is 0 Å². The number of carbonyl (C=O) groups is 1. The molecular weight excluding hydrogens is 326 g/mol. The van der Waals surface area contributed by atoms with Crippen LogP contribution in [0.2, 0.25) is 0 Å². The third-order valence-electron chi connectivity index (χ3n) is 4.63. The molecule has 5 heteroatoms. The van der Waals surface area contributed by atoms with E-state index in [0.29, 0.717) is 22.9 Å². The van der Waals surface area contributed by atoms with Crippen molar-refractivity contribution in [1.82, 2.24) is 9.36 Å². The van der Waals surface area contributed by atoms with Crippen LogP contribution in [-0.2, 0) is 7.05 Å². The number of aromatic nitrogens is 2. The van der Waals surface area contributed by atoms with E-state index in [2.05, 4.69) is 19.2 Å². The summed E-state index contributed by atoms with van der Waals surface area (Å²) < 4.78 is 3.29. The van der Waals surface area contributed by atoms with Gasteiger partial charge in [0, 0.05) is 12.6 Å². The van der Waals surface area contributed by atoms with Gasteiger partial charge in [-0.15, -0.1) is 0 Å². The summed E-state index contributed by atoms with van der Waals surface area (Å²) in [5.74, 6) is 0.118. The van der Waals surface area contributed by atoms with Gasteiger partial charge in [0.05, 0.1) is 11.4 Å². The van der Waals surface area contributed by atoms with Gasteiger partial charge in [-0.3, -0.25) is 14.3 Å². The van der Waals surface area contributed by atoms with Gasteiger partial charge in [0.25, 0.3) is 11.5 Å². The number of amides is 1. The van der Waals surface area contributed by atoms with Gasteiger partial charge in [-0.05, 0) is 42.7 Å². The SMILES string of the molecule is Cc1c(NC(=O)c2ccc(C(C)C)cc2)c(=O)n(-c2ccccc2)n1C. The monoisotopic (exact) mass is 349 g/mol. The Balaban J connectivity index is 1.93. The molecular formula is C21H23N3O2. The van der Waals surface area contributed by atoms with Crippen LogP contribution in [0.25, 0.3) is 5.69 Å². The van der Waals surface area contributed by atoms with Crippen molar-refractivity contribution in [2.75, 3.05) is 5.32 Å². The molecule has 5 nitrogen and oxygen atoms in total. The number of carbonyl (C=O) groups excluding carboxylic acids is 1. The first-order valence-electron chi connectivity index (χ1n) is 8.65. The van der Waals surface area contributed by atoms with Gasteiger partial charge in [0.2, 0.25) is 0 Å². The van der Waals surface area contributed by atoms with Crippen LogP contribution in [0.15, 0.2) is 59.4 Å². The van der Waals surface area contributed by atoms with Crippen LogP contribution in [0.5, 0.6) is 0 Å². The van der Waals surface area contributed by atoms with E-state index in [4.69, 9.17) is 0 Å². The zero-order valence-corrected chi connectivity index (χ0v) is 15.5. The first-order valence-corrected chi connectivity index (χ1v) is 8.65. The highest BCUT2D eigenvalue weighted by molar-refractivity contribution is 6.04. The van der Waals surface area contributed by atoms with E-state index >= 15 is 0 Å². The second kappa shape index (κ2) is 7.04. The highest BCUT2D eigenvalue weighted by atomic mass is 16.2. The molecule has 0 saturated carbocycles. The molecule has 0 bridgehead atoms. The average Bonchev–Trinajstić information content (AvgIpc) is 2.86. The molecule has 0 radical (unpaired) electrons. The molecule has 0 unspecified atom stereocenters. The molecule has 0 aliphatic rings. The molecule has 1 heterocycles. The molecule has 134 valence electrons. The molecule has 0 aliphatic carbocycles. The van der Waals surface area contributed by atoms with Crippen LogP contribution in [0.4, 0.5) is 5.69 Å². The Hall–Kier alpha value is -3.08. The number of anilines is 1. The number of benzene rings is 2. The average molecular weight is 349 g/mol. The molecule has 1 aromatic heterocycles. The van der Waals surface area contributed by atoms with E-state index in [1.165, 1.54) is 5.56 Å². The van der Waals surface area contributed by atoms with Crippen molar-refractivity contribution < 1.29 is 4.79 Å². The Morgan fingerprint density at radius 1 is 1.00 bits per heavy atom. The normalized spacial score (nSPS) is 11.0. The van der Waals surface area contributed by atoms with E-state index in [-0.39, 0.29) is 11.5 Å². The zero-order valence-electron chi connectivity index (χ0n) is 15.5. The molecule has 1 amide bonds. The highest BCUT2D eigenvalue weighted by Gasteiger charge is 2.18. The predicted molar refractivity (Wildman–Crippen MR) is 104 cm³/mol. The van der Waals surface area contributed by atoms with E-state index in [0.717, 1.165) is 5.69 Å². The van der Waals surface area contributed by atoms with Crippen LogP contribution in [0.1, 0.15) is 41.4 Å². The minimum atomic E-state index is -0.286. The van der Waals surface area contributed by atoms with Crippen molar-refractivity contribution in [2.24, 2.45) is 7.05 Å². The second-order valence-corrected chi connectivity index (χ2v) is 6.67. The first-order chi connectivity index (χ1) is 12.4. The van der Waals surface area contributed by atoms with Crippen molar-refractivity contribution in [2.45, 2.75) is 26.7 Å². The molecule has 0 atom stereocenters. The number of nitrogens with zero attached hydrogens (tertiary/aromatic N) is 2. The summed E-state index contributed by atoms with van der Waals surface area (Å²) in [4.78, 5) is 25.4. The summed E-state index contributed by atoms with van der Waals surface area (Å²) in [5.41, 5.74) is 3.21. The maximum absolute atomic E-state index is 12.8. The Bertz CT molecular complexity index is 981. The third kappa shape index (κ3) is 3.20. The van der Waals surface area contributed by atoms with Crippen LogP contribution < -0.4 is 10.9 Å². The van der Waals surface area contributed by atoms with Gasteiger partial charge in [-0.25, -0.2) is 4.68 Å². The molecule has 3 aromatic rings. The largest absolute Gasteiger partial charge is 0.316 e. The van der Waals surface area contributed by atoms with Gasteiger partial charge >= 0.3 is 0 Å². The van der Waals surface area contributed by atoms with Gasteiger partial charge in [-0.2, -0.15) is 0 Å². The smallest absolute Gasteiger partial charge is 0.295 e. The summed E-state index contributed by atoms with van der Waals surface area (Å²) in [7, 11) is 1.80. The Morgan fingerprint density at radius 2 is 1.62 bits per heavy atom. The Kier molecular flexibility index (Phi) is 4.80. The number of para-hydroxylation sites is 1. The number of nitrogens with one attached hydrogen (secondary N) is 1. The van der Waals surface area contributed by atoms with Crippen molar-refractivity contribution >= 4 is 11.6 Å². The van der Waals surface area contributed by atoms with E-state index < -0.39 is 0 Å². The van der Waals surface area contributed by atoms with Gasteiger partial charge in [0.15, 0.2) is 0 Å². The lowest BCUT2D eigenvalue weighted by atomic mass is 10.0. The fraction of sp³-hybridized carbons (Fsp3) is 0.238. The topological polar surface area (TPSA) is 56.0 Å². The highest BCUT2D eigenvalue weighted by Crippen LogP contribution is 2.17. The quantitative estimate of drug-likeness (QED) is 0.777. The number of hydrogen-bond donors (Lipinski definition) is 1. The summed E-state index contributed by atoms with van der Waals surface area (Å²) in [5, 5.41) is 2.78. The molecule has 1 N–H and O–H groups in total. The van der Waals surface area contributed by atoms with E-state index in [9.17, 15) is 9.59 Å². The fourth-order valence-corrected chi connectivity index (χ4v) is 2.92. The summed E-state index contributed by atoms with van der Waals surface area (Å²) >= 11 is 0. The standard InChI is InChI=1S/C21H23N3O2/c1-14(2)16-10-12-17(13-11-16)20(25)22-19-15(3)23(4)24(21(19)26)18-8-6-5-7-9-18/h5-14H,1-4H3,(H,22,25). The van der Waals surface area contributed by atoms with Gasteiger partial charge in [0.1, 0.15) is 5.69 Å². The third-order valence-corrected chi connectivity index (χ3v) is 4.63. The van der Waals surface area contributed by atoms with Crippen LogP contribution in [0, 0.1) is 6.92 Å². The molecule has 0 saturated heterocycles.